The quantitative estimate of drug-likeness (QED) is 0.426. The third-order valence-corrected chi connectivity index (χ3v) is 5.78. The van der Waals surface area contributed by atoms with E-state index in [1.807, 2.05) is 26.8 Å². The van der Waals surface area contributed by atoms with Gasteiger partial charge in [-0.3, -0.25) is 9.59 Å². The van der Waals surface area contributed by atoms with Crippen molar-refractivity contribution in [1.82, 2.24) is 14.5 Å². The number of nitrogens with zero attached hydrogens (tertiary/aromatic N) is 2. The molecule has 0 spiro atoms. The number of ether oxygens (including phenoxy) is 1. The summed E-state index contributed by atoms with van der Waals surface area (Å²) < 4.78 is 7.91. The number of rotatable bonds is 8. The minimum Gasteiger partial charge on any atom is -0.376 e. The van der Waals surface area contributed by atoms with Crippen LogP contribution in [-0.2, 0) is 17.7 Å². The van der Waals surface area contributed by atoms with E-state index < -0.39 is 0 Å². The van der Waals surface area contributed by atoms with Crippen LogP contribution in [0.2, 0.25) is 0 Å². The van der Waals surface area contributed by atoms with Crippen molar-refractivity contribution in [3.63, 3.8) is 0 Å². The summed E-state index contributed by atoms with van der Waals surface area (Å²) in [6.07, 6.45) is 4.10. The van der Waals surface area contributed by atoms with E-state index in [0.717, 1.165) is 61.5 Å². The molecule has 1 fully saturated rings. The van der Waals surface area contributed by atoms with Gasteiger partial charge in [0.2, 0.25) is 0 Å². The molecule has 3 heterocycles. The molecule has 3 rings (SSSR count). The van der Waals surface area contributed by atoms with Crippen LogP contribution in [0.4, 0.5) is 0 Å². The van der Waals surface area contributed by atoms with Gasteiger partial charge < -0.3 is 14.3 Å². The molecular formula is C20H27N3O3S. The second-order valence-electron chi connectivity index (χ2n) is 7.03. The van der Waals surface area contributed by atoms with E-state index in [2.05, 4.69) is 14.5 Å². The lowest BCUT2D eigenvalue weighted by molar-refractivity contribution is 0.0957. The fourth-order valence-electron chi connectivity index (χ4n) is 3.50. The van der Waals surface area contributed by atoms with Crippen LogP contribution >= 0.6 is 11.8 Å². The number of carbonyl (C=O) groups excluding carboxylic acids is 1. The standard InChI is InChI=1S/C20H27N3O3S/c1-4-6-15-10-19(25)22-20(21-15)27-12-18(24)17-9-13(2)23(14(17)3)11-16-7-5-8-26-16/h9-10,16H,4-8,11-12H2,1-3H3,(H,21,22,25)/t16-/m1/s1. The summed E-state index contributed by atoms with van der Waals surface area (Å²) in [5.74, 6) is 0.304. The van der Waals surface area contributed by atoms with E-state index in [1.54, 1.807) is 0 Å². The summed E-state index contributed by atoms with van der Waals surface area (Å²) in [4.78, 5) is 31.7. The molecule has 1 aliphatic heterocycles. The first-order valence-corrected chi connectivity index (χ1v) is 10.5. The lowest BCUT2D eigenvalue weighted by Crippen LogP contribution is -2.17. The van der Waals surface area contributed by atoms with Gasteiger partial charge in [0.15, 0.2) is 10.9 Å². The highest BCUT2D eigenvalue weighted by Crippen LogP contribution is 2.22. The van der Waals surface area contributed by atoms with Crippen molar-refractivity contribution in [2.45, 2.75) is 64.3 Å². The third-order valence-electron chi connectivity index (χ3n) is 4.90. The van der Waals surface area contributed by atoms with Crippen molar-refractivity contribution in [3.05, 3.63) is 45.1 Å². The van der Waals surface area contributed by atoms with E-state index in [-0.39, 0.29) is 23.2 Å². The first kappa shape index (κ1) is 19.9. The van der Waals surface area contributed by atoms with Gasteiger partial charge in [0.1, 0.15) is 0 Å². The van der Waals surface area contributed by atoms with E-state index in [1.165, 1.54) is 17.8 Å². The van der Waals surface area contributed by atoms with Gasteiger partial charge in [-0.2, -0.15) is 0 Å². The Hall–Kier alpha value is -1.86. The van der Waals surface area contributed by atoms with Crippen molar-refractivity contribution in [1.29, 1.82) is 0 Å². The summed E-state index contributed by atoms with van der Waals surface area (Å²) in [5.41, 5.74) is 3.40. The largest absolute Gasteiger partial charge is 0.376 e. The maximum absolute atomic E-state index is 12.8. The highest BCUT2D eigenvalue weighted by molar-refractivity contribution is 7.99. The molecule has 6 nitrogen and oxygen atoms in total. The van der Waals surface area contributed by atoms with Crippen LogP contribution in [0.1, 0.15) is 53.6 Å². The predicted molar refractivity (Wildman–Crippen MR) is 107 cm³/mol. The van der Waals surface area contributed by atoms with Crippen molar-refractivity contribution in [3.8, 4) is 0 Å². The average Bonchev–Trinajstić information content (AvgIpc) is 3.23. The minimum absolute atomic E-state index is 0.0511. The van der Waals surface area contributed by atoms with Crippen LogP contribution in [0, 0.1) is 13.8 Å². The van der Waals surface area contributed by atoms with E-state index >= 15 is 0 Å². The lowest BCUT2D eigenvalue weighted by Gasteiger charge is -2.14. The van der Waals surface area contributed by atoms with E-state index in [4.69, 9.17) is 4.74 Å². The Kier molecular flexibility index (Phi) is 6.55. The normalized spacial score (nSPS) is 16.8. The number of aryl methyl sites for hydroxylation is 2. The summed E-state index contributed by atoms with van der Waals surface area (Å²) in [6, 6.07) is 3.48. The van der Waals surface area contributed by atoms with Crippen molar-refractivity contribution in [2.24, 2.45) is 0 Å². The Morgan fingerprint density at radius 1 is 1.41 bits per heavy atom. The molecule has 0 aromatic carbocycles. The predicted octanol–water partition coefficient (Wildman–Crippen LogP) is 3.29. The number of carbonyl (C=O) groups is 1. The molecule has 1 N–H and O–H groups in total. The number of hydrogen-bond donors (Lipinski definition) is 1. The van der Waals surface area contributed by atoms with Crippen LogP contribution in [0.3, 0.4) is 0 Å². The van der Waals surface area contributed by atoms with Crippen molar-refractivity contribution >= 4 is 17.5 Å². The van der Waals surface area contributed by atoms with Crippen molar-refractivity contribution < 1.29 is 9.53 Å². The molecular weight excluding hydrogens is 362 g/mol. The van der Waals surface area contributed by atoms with Crippen molar-refractivity contribution in [2.75, 3.05) is 12.4 Å². The number of H-pyrrole nitrogens is 1. The zero-order valence-corrected chi connectivity index (χ0v) is 17.0. The third kappa shape index (κ3) is 4.90. The molecule has 27 heavy (non-hydrogen) atoms. The molecule has 146 valence electrons. The first-order valence-electron chi connectivity index (χ1n) is 9.52. The molecule has 0 aliphatic carbocycles. The fourth-order valence-corrected chi connectivity index (χ4v) is 4.28. The Morgan fingerprint density at radius 2 is 2.22 bits per heavy atom. The molecule has 0 amide bonds. The first-order chi connectivity index (χ1) is 13.0. The summed E-state index contributed by atoms with van der Waals surface area (Å²) in [5, 5.41) is 0.507. The number of nitrogens with one attached hydrogen (secondary N) is 1. The Balaban J connectivity index is 1.68. The topological polar surface area (TPSA) is 77.0 Å². The minimum atomic E-state index is -0.168. The maximum atomic E-state index is 12.8. The van der Waals surface area contributed by atoms with Gasteiger partial charge in [0, 0.05) is 41.9 Å². The monoisotopic (exact) mass is 389 g/mol. The second-order valence-corrected chi connectivity index (χ2v) is 8.00. The lowest BCUT2D eigenvalue weighted by atomic mass is 10.2. The fraction of sp³-hybridized carbons (Fsp3) is 0.550. The molecule has 0 saturated carbocycles. The van der Waals surface area contributed by atoms with Gasteiger partial charge in [-0.1, -0.05) is 25.1 Å². The van der Waals surface area contributed by atoms with Gasteiger partial charge in [-0.15, -0.1) is 0 Å². The summed E-state index contributed by atoms with van der Waals surface area (Å²) in [6.45, 7) is 7.69. The molecule has 2 aromatic heterocycles. The van der Waals surface area contributed by atoms with Gasteiger partial charge >= 0.3 is 0 Å². The van der Waals surface area contributed by atoms with Gasteiger partial charge in [-0.05, 0) is 39.2 Å². The average molecular weight is 390 g/mol. The van der Waals surface area contributed by atoms with Gasteiger partial charge in [-0.25, -0.2) is 4.98 Å². The molecule has 0 unspecified atom stereocenters. The number of Topliss-reactive ketones (excluding diaryl/α,β-unsaturated/α-hetero) is 1. The SMILES string of the molecule is CCCc1cc(=O)[nH]c(SCC(=O)c2cc(C)n(C[C@H]3CCCO3)c2C)n1. The summed E-state index contributed by atoms with van der Waals surface area (Å²) in [7, 11) is 0. The number of thioether (sulfide) groups is 1. The molecule has 0 bridgehead atoms. The smallest absolute Gasteiger partial charge is 0.251 e. The Labute approximate surface area is 163 Å². The molecule has 1 atom stereocenters. The van der Waals surface area contributed by atoms with Gasteiger partial charge in [0.25, 0.3) is 5.56 Å². The molecule has 7 heteroatoms. The molecule has 2 aromatic rings. The number of aromatic amines is 1. The zero-order valence-electron chi connectivity index (χ0n) is 16.2. The summed E-state index contributed by atoms with van der Waals surface area (Å²) >= 11 is 1.28. The molecule has 0 radical (unpaired) electrons. The highest BCUT2D eigenvalue weighted by Gasteiger charge is 2.21. The van der Waals surface area contributed by atoms with E-state index in [0.29, 0.717) is 5.16 Å². The number of ketones is 1. The van der Waals surface area contributed by atoms with Crippen LogP contribution in [0.5, 0.6) is 0 Å². The van der Waals surface area contributed by atoms with Crippen LogP contribution in [0.15, 0.2) is 22.1 Å². The molecule has 1 saturated heterocycles. The maximum Gasteiger partial charge on any atom is 0.251 e. The van der Waals surface area contributed by atoms with E-state index in [9.17, 15) is 9.59 Å². The van der Waals surface area contributed by atoms with Gasteiger partial charge in [0.05, 0.1) is 11.9 Å². The van der Waals surface area contributed by atoms with Crippen LogP contribution in [0.25, 0.3) is 0 Å². The van der Waals surface area contributed by atoms with Crippen LogP contribution < -0.4 is 5.56 Å². The molecule has 1 aliphatic rings. The zero-order chi connectivity index (χ0) is 19.4. The number of hydrogen-bond acceptors (Lipinski definition) is 5. The second kappa shape index (κ2) is 8.89. The van der Waals surface area contributed by atoms with Crippen LogP contribution in [-0.4, -0.2) is 38.8 Å². The Bertz CT molecular complexity index is 866. The number of aromatic nitrogens is 3. The Morgan fingerprint density at radius 3 is 2.93 bits per heavy atom. The highest BCUT2D eigenvalue weighted by atomic mass is 32.2.